The van der Waals surface area contributed by atoms with Crippen LogP contribution in [0.25, 0.3) is 0 Å². The van der Waals surface area contributed by atoms with Crippen LogP contribution in [0.5, 0.6) is 0 Å². The van der Waals surface area contributed by atoms with Gasteiger partial charge in [-0.25, -0.2) is 4.98 Å². The molecule has 2 nitrogen and oxygen atoms in total. The highest BCUT2D eigenvalue weighted by Gasteiger charge is 1.97. The smallest absolute Gasteiger partial charge is 0.128 e. The van der Waals surface area contributed by atoms with Gasteiger partial charge in [0.1, 0.15) is 10.4 Å². The van der Waals surface area contributed by atoms with Gasteiger partial charge < -0.3 is 5.32 Å². The van der Waals surface area contributed by atoms with Crippen LogP contribution >= 0.6 is 15.9 Å². The molecule has 1 N–H and O–H groups in total. The normalized spacial score (nSPS) is 11.8. The Morgan fingerprint density at radius 1 is 1.67 bits per heavy atom. The van der Waals surface area contributed by atoms with Crippen molar-refractivity contribution in [3.63, 3.8) is 0 Å². The molecule has 0 spiro atoms. The van der Waals surface area contributed by atoms with E-state index in [1.165, 1.54) is 0 Å². The molecule has 12 heavy (non-hydrogen) atoms. The summed E-state index contributed by atoms with van der Waals surface area (Å²) in [7, 11) is 0. The minimum absolute atomic E-state index is 0.00630. The fourth-order valence-corrected chi connectivity index (χ4v) is 1.10. The van der Waals surface area contributed by atoms with Gasteiger partial charge in [-0.2, -0.15) is 0 Å². The fourth-order valence-electron chi connectivity index (χ4n) is 0.752. The lowest BCUT2D eigenvalue weighted by Gasteiger charge is -2.07. The van der Waals surface area contributed by atoms with Crippen molar-refractivity contribution in [3.05, 3.63) is 22.8 Å². The Morgan fingerprint density at radius 2 is 2.42 bits per heavy atom. The van der Waals surface area contributed by atoms with E-state index in [0.29, 0.717) is 0 Å². The van der Waals surface area contributed by atoms with E-state index in [4.69, 9.17) is 6.42 Å². The molecule has 1 aromatic rings. The lowest BCUT2D eigenvalue weighted by molar-refractivity contribution is 1.01. The average Bonchev–Trinajstić information content (AvgIpc) is 2.04. The van der Waals surface area contributed by atoms with Crippen LogP contribution in [-0.2, 0) is 0 Å². The third kappa shape index (κ3) is 2.55. The van der Waals surface area contributed by atoms with E-state index in [9.17, 15) is 0 Å². The summed E-state index contributed by atoms with van der Waals surface area (Å²) in [6.07, 6.45) is 5.21. The van der Waals surface area contributed by atoms with Gasteiger partial charge in [0.15, 0.2) is 0 Å². The van der Waals surface area contributed by atoms with Gasteiger partial charge in [0.05, 0.1) is 6.04 Å². The zero-order valence-corrected chi connectivity index (χ0v) is 8.30. The van der Waals surface area contributed by atoms with Gasteiger partial charge in [-0.15, -0.1) is 6.42 Å². The van der Waals surface area contributed by atoms with Crippen LogP contribution in [0.4, 0.5) is 5.82 Å². The molecule has 1 unspecified atom stereocenters. The second kappa shape index (κ2) is 4.13. The minimum atomic E-state index is 0.00630. The Hall–Kier alpha value is -1.01. The SMILES string of the molecule is C#CC(C)Nc1cccc(Br)n1. The first-order valence-corrected chi connectivity index (χ1v) is 4.37. The summed E-state index contributed by atoms with van der Waals surface area (Å²) in [6, 6.07) is 5.65. The molecule has 0 aromatic carbocycles. The Bertz CT molecular complexity index is 304. The van der Waals surface area contributed by atoms with E-state index >= 15 is 0 Å². The van der Waals surface area contributed by atoms with Gasteiger partial charge in [-0.1, -0.05) is 12.0 Å². The number of terminal acetylenes is 1. The topological polar surface area (TPSA) is 24.9 Å². The average molecular weight is 225 g/mol. The predicted octanol–water partition coefficient (Wildman–Crippen LogP) is 2.28. The third-order valence-corrected chi connectivity index (χ3v) is 1.77. The molecule has 0 bridgehead atoms. The van der Waals surface area contributed by atoms with Crippen molar-refractivity contribution < 1.29 is 0 Å². The maximum absolute atomic E-state index is 5.21. The Morgan fingerprint density at radius 3 is 3.00 bits per heavy atom. The first kappa shape index (κ1) is 9.08. The number of anilines is 1. The Balaban J connectivity index is 2.71. The van der Waals surface area contributed by atoms with E-state index in [2.05, 4.69) is 32.2 Å². The summed E-state index contributed by atoms with van der Waals surface area (Å²) in [5, 5.41) is 3.06. The minimum Gasteiger partial charge on any atom is -0.357 e. The number of halogens is 1. The zero-order valence-electron chi connectivity index (χ0n) is 6.71. The highest BCUT2D eigenvalue weighted by molar-refractivity contribution is 9.10. The van der Waals surface area contributed by atoms with Crippen LogP contribution in [0, 0.1) is 12.3 Å². The molecule has 0 amide bonds. The van der Waals surface area contributed by atoms with Crippen LogP contribution in [0.2, 0.25) is 0 Å². The molecule has 1 aromatic heterocycles. The lowest BCUT2D eigenvalue weighted by atomic mass is 10.3. The number of nitrogens with one attached hydrogen (secondary N) is 1. The summed E-state index contributed by atoms with van der Waals surface area (Å²) >= 11 is 3.27. The van der Waals surface area contributed by atoms with E-state index in [1.54, 1.807) is 0 Å². The molecule has 1 atom stereocenters. The highest BCUT2D eigenvalue weighted by Crippen LogP contribution is 2.10. The van der Waals surface area contributed by atoms with Gasteiger partial charge >= 0.3 is 0 Å². The van der Waals surface area contributed by atoms with Crippen molar-refractivity contribution in [2.75, 3.05) is 5.32 Å². The number of pyridine rings is 1. The van der Waals surface area contributed by atoms with E-state index in [1.807, 2.05) is 25.1 Å². The van der Waals surface area contributed by atoms with Crippen molar-refractivity contribution >= 4 is 21.7 Å². The van der Waals surface area contributed by atoms with Crippen LogP contribution in [0.15, 0.2) is 22.8 Å². The predicted molar refractivity (Wildman–Crippen MR) is 53.9 cm³/mol. The monoisotopic (exact) mass is 224 g/mol. The number of hydrogen-bond acceptors (Lipinski definition) is 2. The van der Waals surface area contributed by atoms with Crippen LogP contribution in [0.3, 0.4) is 0 Å². The quantitative estimate of drug-likeness (QED) is 0.616. The van der Waals surface area contributed by atoms with E-state index < -0.39 is 0 Å². The molecule has 0 aliphatic rings. The Labute approximate surface area is 80.5 Å². The van der Waals surface area contributed by atoms with Crippen molar-refractivity contribution in [2.24, 2.45) is 0 Å². The summed E-state index contributed by atoms with van der Waals surface area (Å²) in [5.41, 5.74) is 0. The van der Waals surface area contributed by atoms with Crippen LogP contribution in [-0.4, -0.2) is 11.0 Å². The molecule has 0 saturated carbocycles. The Kier molecular flexibility index (Phi) is 3.12. The van der Waals surface area contributed by atoms with Gasteiger partial charge in [-0.05, 0) is 35.0 Å². The zero-order chi connectivity index (χ0) is 8.97. The second-order valence-electron chi connectivity index (χ2n) is 2.38. The number of aromatic nitrogens is 1. The van der Waals surface area contributed by atoms with E-state index in [0.717, 1.165) is 10.4 Å². The molecule has 0 saturated heterocycles. The van der Waals surface area contributed by atoms with Gasteiger partial charge in [0.2, 0.25) is 0 Å². The largest absolute Gasteiger partial charge is 0.357 e. The van der Waals surface area contributed by atoms with Gasteiger partial charge in [0.25, 0.3) is 0 Å². The molecule has 3 heteroatoms. The van der Waals surface area contributed by atoms with Crippen LogP contribution in [0.1, 0.15) is 6.92 Å². The molecule has 0 fully saturated rings. The molecular weight excluding hydrogens is 216 g/mol. The van der Waals surface area contributed by atoms with Crippen molar-refractivity contribution in [1.82, 2.24) is 4.98 Å². The number of rotatable bonds is 2. The van der Waals surface area contributed by atoms with E-state index in [-0.39, 0.29) is 6.04 Å². The fraction of sp³-hybridized carbons (Fsp3) is 0.222. The molecule has 0 radical (unpaired) electrons. The van der Waals surface area contributed by atoms with Crippen molar-refractivity contribution in [1.29, 1.82) is 0 Å². The molecular formula is C9H9BrN2. The second-order valence-corrected chi connectivity index (χ2v) is 3.19. The maximum atomic E-state index is 5.21. The third-order valence-electron chi connectivity index (χ3n) is 1.33. The maximum Gasteiger partial charge on any atom is 0.128 e. The van der Waals surface area contributed by atoms with Crippen molar-refractivity contribution in [2.45, 2.75) is 13.0 Å². The molecule has 0 aliphatic heterocycles. The summed E-state index contributed by atoms with van der Waals surface area (Å²) in [6.45, 7) is 1.91. The van der Waals surface area contributed by atoms with Crippen LogP contribution < -0.4 is 5.32 Å². The molecule has 62 valence electrons. The lowest BCUT2D eigenvalue weighted by Crippen LogP contribution is -2.12. The molecule has 1 heterocycles. The highest BCUT2D eigenvalue weighted by atomic mass is 79.9. The number of hydrogen-bond donors (Lipinski definition) is 1. The first-order chi connectivity index (χ1) is 5.72. The summed E-state index contributed by atoms with van der Waals surface area (Å²) < 4.78 is 0.803. The first-order valence-electron chi connectivity index (χ1n) is 3.57. The van der Waals surface area contributed by atoms with Gasteiger partial charge in [0, 0.05) is 0 Å². The standard InChI is InChI=1S/C9H9BrN2/c1-3-7(2)11-9-6-4-5-8(10)12-9/h1,4-7H,2H3,(H,11,12). The van der Waals surface area contributed by atoms with Crippen molar-refractivity contribution in [3.8, 4) is 12.3 Å². The van der Waals surface area contributed by atoms with Gasteiger partial charge in [-0.3, -0.25) is 0 Å². The molecule has 0 aliphatic carbocycles. The number of nitrogens with zero attached hydrogens (tertiary/aromatic N) is 1. The summed E-state index contributed by atoms with van der Waals surface area (Å²) in [5.74, 6) is 3.35. The molecule has 1 rings (SSSR count). The summed E-state index contributed by atoms with van der Waals surface area (Å²) in [4.78, 5) is 4.17.